The van der Waals surface area contributed by atoms with Gasteiger partial charge in [0.25, 0.3) is 0 Å². The van der Waals surface area contributed by atoms with E-state index in [0.29, 0.717) is 17.8 Å². The maximum atomic E-state index is 3.06. The van der Waals surface area contributed by atoms with Crippen LogP contribution in [0.1, 0.15) is 254 Å². The largest absolute Gasteiger partial charge is 0.334 e. The number of allylic oxidation sites excluding steroid dienone is 2. The maximum Gasteiger partial charge on any atom is 0.0518 e. The van der Waals surface area contributed by atoms with Gasteiger partial charge in [-0.2, -0.15) is 0 Å². The number of benzene rings is 7. The van der Waals surface area contributed by atoms with Gasteiger partial charge < -0.3 is 9.80 Å². The molecule has 8 aliphatic rings. The second-order valence-electron chi connectivity index (χ2n) is 33.8. The van der Waals surface area contributed by atoms with Gasteiger partial charge in [-0.15, -0.1) is 0 Å². The van der Waals surface area contributed by atoms with E-state index < -0.39 is 0 Å². The number of rotatable bonds is 6. The van der Waals surface area contributed by atoms with Gasteiger partial charge in [-0.25, -0.2) is 0 Å². The van der Waals surface area contributed by atoms with Crippen molar-refractivity contribution in [2.75, 3.05) is 9.80 Å². The first-order chi connectivity index (χ1) is 40.5. The summed E-state index contributed by atoms with van der Waals surface area (Å²) in [6, 6.07) is 54.2. The lowest BCUT2D eigenvalue weighted by Crippen LogP contribution is -2.55. The van der Waals surface area contributed by atoms with Crippen LogP contribution in [0.4, 0.5) is 22.7 Å². The molecule has 7 aromatic carbocycles. The van der Waals surface area contributed by atoms with Crippen LogP contribution in [-0.2, 0) is 44.3 Å². The summed E-state index contributed by atoms with van der Waals surface area (Å²) in [5.41, 5.74) is 32.8. The highest BCUT2D eigenvalue weighted by atomic mass is 15.3. The third kappa shape index (κ3) is 7.68. The van der Waals surface area contributed by atoms with Gasteiger partial charge in [-0.1, -0.05) is 237 Å². The van der Waals surface area contributed by atoms with E-state index in [-0.39, 0.29) is 49.0 Å². The second kappa shape index (κ2) is 18.3. The van der Waals surface area contributed by atoms with Crippen LogP contribution in [0.25, 0.3) is 27.8 Å². The lowest BCUT2D eigenvalue weighted by atomic mass is 9.61. The fourth-order valence-electron chi connectivity index (χ4n) is 19.9. The molecule has 0 spiro atoms. The van der Waals surface area contributed by atoms with Crippen LogP contribution in [-0.4, -0.2) is 11.1 Å². The van der Waals surface area contributed by atoms with E-state index in [9.17, 15) is 0 Å². The number of hydrogen-bond donors (Lipinski definition) is 0. The SMILES string of the molecule is Cc1cc(N2c3ccc(-c4ccccc4)cc3C3(C)CCCCC23C)cc2c1C1C(C3=C(Cc4ccc(C(C)(C)C)cc4-c4ccccc4)c4cc5c(cc4C3(C)C)C(C)(C)CCC5(C)C)C1c1cc(C(C)(C)C)cc3c1N2C1(C)CCCCC31C. The smallest absolute Gasteiger partial charge is 0.0518 e. The number of aryl methyl sites for hydroxylation is 1. The summed E-state index contributed by atoms with van der Waals surface area (Å²) < 4.78 is 0. The zero-order chi connectivity index (χ0) is 60.4. The van der Waals surface area contributed by atoms with Gasteiger partial charge in [0.2, 0.25) is 0 Å². The predicted octanol–water partition coefficient (Wildman–Crippen LogP) is 22.6. The van der Waals surface area contributed by atoms with Crippen molar-refractivity contribution in [2.24, 2.45) is 5.92 Å². The van der Waals surface area contributed by atoms with E-state index in [2.05, 4.69) is 261 Å². The van der Waals surface area contributed by atoms with E-state index in [1.807, 2.05) is 0 Å². The third-order valence-electron chi connectivity index (χ3n) is 25.6. The van der Waals surface area contributed by atoms with Crippen molar-refractivity contribution in [3.8, 4) is 22.3 Å². The molecule has 7 aromatic rings. The van der Waals surface area contributed by atoms with Crippen molar-refractivity contribution >= 4 is 28.3 Å². The molecule has 0 bridgehead atoms. The predicted molar refractivity (Wildman–Crippen MR) is 366 cm³/mol. The molecule has 0 radical (unpaired) electrons. The van der Waals surface area contributed by atoms with Gasteiger partial charge in [0.05, 0.1) is 11.1 Å². The van der Waals surface area contributed by atoms with Gasteiger partial charge >= 0.3 is 0 Å². The second-order valence-corrected chi connectivity index (χ2v) is 33.8. The summed E-state index contributed by atoms with van der Waals surface area (Å²) in [5.74, 6) is 0.999. The lowest BCUT2D eigenvalue weighted by Gasteiger charge is -2.52. The summed E-state index contributed by atoms with van der Waals surface area (Å²) in [6.45, 7) is 43.3. The van der Waals surface area contributed by atoms with E-state index in [1.54, 1.807) is 50.2 Å². The van der Waals surface area contributed by atoms with Crippen LogP contribution < -0.4 is 9.80 Å². The van der Waals surface area contributed by atoms with Crippen molar-refractivity contribution in [1.29, 1.82) is 0 Å². The van der Waals surface area contributed by atoms with Gasteiger partial charge in [0, 0.05) is 50.8 Å². The Kier molecular flexibility index (Phi) is 12.0. The van der Waals surface area contributed by atoms with Crippen LogP contribution in [0.3, 0.4) is 0 Å². The number of hydrogen-bond acceptors (Lipinski definition) is 2. The zero-order valence-electron chi connectivity index (χ0n) is 55.6. The first-order valence-corrected chi connectivity index (χ1v) is 33.8. The van der Waals surface area contributed by atoms with E-state index in [4.69, 9.17) is 0 Å². The average Bonchev–Trinajstić information content (AvgIpc) is 1.49. The molecule has 2 heteroatoms. The molecule has 86 heavy (non-hydrogen) atoms. The third-order valence-corrected chi connectivity index (χ3v) is 25.6. The Morgan fingerprint density at radius 1 is 0.442 bits per heavy atom. The molecular weight excluding hydrogens is 1040 g/mol. The van der Waals surface area contributed by atoms with Crippen LogP contribution >= 0.6 is 0 Å². The van der Waals surface area contributed by atoms with Gasteiger partial charge in [0.1, 0.15) is 0 Å². The van der Waals surface area contributed by atoms with Crippen LogP contribution in [0.2, 0.25) is 0 Å². The summed E-state index contributed by atoms with van der Waals surface area (Å²) in [4.78, 5) is 5.96. The lowest BCUT2D eigenvalue weighted by molar-refractivity contribution is 0.194. The molecule has 3 saturated carbocycles. The molecule has 0 N–H and O–H groups in total. The van der Waals surface area contributed by atoms with Crippen molar-refractivity contribution in [1.82, 2.24) is 0 Å². The van der Waals surface area contributed by atoms with Gasteiger partial charge in [0.15, 0.2) is 0 Å². The quantitative estimate of drug-likeness (QED) is 0.164. The average molecular weight is 1140 g/mol. The molecule has 3 fully saturated rings. The zero-order valence-corrected chi connectivity index (χ0v) is 55.6. The highest BCUT2D eigenvalue weighted by Crippen LogP contribution is 2.77. The minimum absolute atomic E-state index is 0.00394. The first kappa shape index (κ1) is 56.4. The number of fused-ring (bicyclic) bond motifs is 13. The van der Waals surface area contributed by atoms with Gasteiger partial charge in [-0.3, -0.25) is 0 Å². The molecule has 5 aliphatic carbocycles. The maximum absolute atomic E-state index is 3.06. The molecule has 0 aromatic heterocycles. The Morgan fingerprint density at radius 3 is 1.67 bits per heavy atom. The summed E-state index contributed by atoms with van der Waals surface area (Å²) in [6.07, 6.45) is 13.2. The van der Waals surface area contributed by atoms with Crippen molar-refractivity contribution in [3.05, 3.63) is 206 Å². The van der Waals surface area contributed by atoms with Crippen molar-refractivity contribution < 1.29 is 0 Å². The molecule has 2 nitrogen and oxygen atoms in total. The van der Waals surface area contributed by atoms with E-state index in [0.717, 1.165) is 6.42 Å². The molecule has 15 rings (SSSR count). The molecular formula is C84H98N2. The molecule has 444 valence electrons. The molecule has 3 heterocycles. The van der Waals surface area contributed by atoms with Gasteiger partial charge in [-0.05, 0) is 212 Å². The summed E-state index contributed by atoms with van der Waals surface area (Å²) >= 11 is 0. The van der Waals surface area contributed by atoms with Crippen LogP contribution in [0.15, 0.2) is 139 Å². The van der Waals surface area contributed by atoms with Crippen LogP contribution in [0, 0.1) is 12.8 Å². The normalized spacial score (nSPS) is 28.6. The Balaban J connectivity index is 1.00. The Morgan fingerprint density at radius 2 is 1.03 bits per heavy atom. The Bertz CT molecular complexity index is 4020. The van der Waals surface area contributed by atoms with Crippen molar-refractivity contribution in [2.45, 2.75) is 249 Å². The minimum atomic E-state index is -0.200. The first-order valence-electron chi connectivity index (χ1n) is 33.8. The Labute approximate surface area is 518 Å². The standard InChI is InChI=1S/C84H98N2/c1-51-42-58(85-68-35-33-54(52-28-20-18-21-29-52)44-66(68)81(14)36-24-26-38-83(81,85)16)48-69-70(51)72-71(62-46-57(77(5,6)7)47-67-75(62)86(69)84(17)39-27-25-37-82(67,84)15)73(72)74-61(43-55-32-34-56(76(2,3)4)45-59(55)53-30-22-19-23-31-53)60-49-64-65(50-63(60)80(74,12)13)79(10,11)41-40-78(64,8)9/h18-23,28-35,42,44-50,71-73H,24-27,36-41,43H2,1-17H3. The van der Waals surface area contributed by atoms with Crippen molar-refractivity contribution in [3.63, 3.8) is 0 Å². The molecule has 7 atom stereocenters. The van der Waals surface area contributed by atoms with E-state index in [1.165, 1.54) is 137 Å². The summed E-state index contributed by atoms with van der Waals surface area (Å²) in [5, 5.41) is 0. The van der Waals surface area contributed by atoms with E-state index >= 15 is 0 Å². The minimum Gasteiger partial charge on any atom is -0.334 e. The molecule has 0 saturated heterocycles. The number of nitrogens with zero attached hydrogens (tertiary/aromatic N) is 2. The number of anilines is 4. The van der Waals surface area contributed by atoms with Crippen LogP contribution in [0.5, 0.6) is 0 Å². The highest BCUT2D eigenvalue weighted by molar-refractivity contribution is 5.92. The summed E-state index contributed by atoms with van der Waals surface area (Å²) in [7, 11) is 0. The molecule has 7 unspecified atom stereocenters. The fraction of sp³-hybridized carbons (Fsp3) is 0.476. The topological polar surface area (TPSA) is 6.48 Å². The monoisotopic (exact) mass is 1130 g/mol. The molecule has 0 amide bonds. The fourth-order valence-corrected chi connectivity index (χ4v) is 19.9. The molecule has 3 aliphatic heterocycles. The Hall–Kier alpha value is -6.12. The highest BCUT2D eigenvalue weighted by Gasteiger charge is 2.67.